The first-order valence-electron chi connectivity index (χ1n) is 8.68. The molecule has 0 unspecified atom stereocenters. The maximum atomic E-state index is 12.5. The Labute approximate surface area is 161 Å². The second-order valence-electron chi connectivity index (χ2n) is 6.12. The van der Waals surface area contributed by atoms with Gasteiger partial charge >= 0.3 is 0 Å². The average molecular weight is 375 g/mol. The van der Waals surface area contributed by atoms with Crippen LogP contribution in [0.15, 0.2) is 66.9 Å². The molecule has 0 aliphatic carbocycles. The van der Waals surface area contributed by atoms with Crippen molar-refractivity contribution in [3.8, 4) is 11.5 Å². The van der Waals surface area contributed by atoms with Crippen molar-refractivity contribution < 1.29 is 19.1 Å². The van der Waals surface area contributed by atoms with E-state index in [1.54, 1.807) is 18.2 Å². The van der Waals surface area contributed by atoms with Gasteiger partial charge in [-0.1, -0.05) is 24.3 Å². The van der Waals surface area contributed by atoms with Crippen LogP contribution in [-0.4, -0.2) is 23.6 Å². The number of pyridine rings is 1. The van der Waals surface area contributed by atoms with Crippen LogP contribution < -0.4 is 20.1 Å². The highest BCUT2D eigenvalue weighted by atomic mass is 16.7. The molecule has 28 heavy (non-hydrogen) atoms. The topological polar surface area (TPSA) is 89.6 Å². The van der Waals surface area contributed by atoms with Crippen LogP contribution in [0, 0.1) is 0 Å². The first kappa shape index (κ1) is 17.5. The largest absolute Gasteiger partial charge is 0.454 e. The van der Waals surface area contributed by atoms with Crippen LogP contribution in [0.4, 0.5) is 5.69 Å². The number of hydrogen-bond acceptors (Lipinski definition) is 5. The highest BCUT2D eigenvalue weighted by molar-refractivity contribution is 6.04. The Hall–Kier alpha value is -3.87. The van der Waals surface area contributed by atoms with E-state index < -0.39 is 0 Å². The molecular weight excluding hydrogens is 358 g/mol. The molecule has 0 saturated carbocycles. The second kappa shape index (κ2) is 7.79. The highest BCUT2D eigenvalue weighted by Gasteiger charge is 2.15. The lowest BCUT2D eigenvalue weighted by Gasteiger charge is -2.08. The molecule has 7 heteroatoms. The summed E-state index contributed by atoms with van der Waals surface area (Å²) in [6.07, 6.45) is 1.44. The van der Waals surface area contributed by atoms with Gasteiger partial charge in [-0.05, 0) is 42.0 Å². The molecule has 2 N–H and O–H groups in total. The molecule has 0 spiro atoms. The Bertz CT molecular complexity index is 1020. The van der Waals surface area contributed by atoms with Crippen LogP contribution in [0.2, 0.25) is 0 Å². The summed E-state index contributed by atoms with van der Waals surface area (Å²) in [5.41, 5.74) is 2.06. The van der Waals surface area contributed by atoms with Gasteiger partial charge in [-0.25, -0.2) is 0 Å². The summed E-state index contributed by atoms with van der Waals surface area (Å²) in [6, 6.07) is 17.6. The fourth-order valence-corrected chi connectivity index (χ4v) is 2.75. The molecular formula is C21H17N3O4. The van der Waals surface area contributed by atoms with Gasteiger partial charge in [-0.3, -0.25) is 14.6 Å². The number of anilines is 1. The van der Waals surface area contributed by atoms with Crippen LogP contribution in [0.25, 0.3) is 0 Å². The lowest BCUT2D eigenvalue weighted by molar-refractivity contribution is 0.0950. The van der Waals surface area contributed by atoms with E-state index in [2.05, 4.69) is 15.6 Å². The summed E-state index contributed by atoms with van der Waals surface area (Å²) in [4.78, 5) is 28.9. The van der Waals surface area contributed by atoms with Gasteiger partial charge in [-0.15, -0.1) is 0 Å². The minimum Gasteiger partial charge on any atom is -0.454 e. The lowest BCUT2D eigenvalue weighted by atomic mass is 10.1. The third-order valence-corrected chi connectivity index (χ3v) is 4.18. The number of carbonyl (C=O) groups excluding carboxylic acids is 2. The van der Waals surface area contributed by atoms with E-state index in [-0.39, 0.29) is 24.3 Å². The van der Waals surface area contributed by atoms with Crippen molar-refractivity contribution in [2.75, 3.05) is 12.1 Å². The molecule has 4 rings (SSSR count). The lowest BCUT2D eigenvalue weighted by Crippen LogP contribution is -2.23. The van der Waals surface area contributed by atoms with Gasteiger partial charge < -0.3 is 20.1 Å². The van der Waals surface area contributed by atoms with Gasteiger partial charge in [0, 0.05) is 24.0 Å². The molecule has 1 aliphatic heterocycles. The smallest absolute Gasteiger partial charge is 0.274 e. The molecule has 2 aromatic carbocycles. The van der Waals surface area contributed by atoms with Crippen LogP contribution in [0.3, 0.4) is 0 Å². The minimum atomic E-state index is -0.378. The van der Waals surface area contributed by atoms with Crippen molar-refractivity contribution in [1.82, 2.24) is 10.3 Å². The summed E-state index contributed by atoms with van der Waals surface area (Å²) in [5, 5.41) is 5.57. The molecule has 0 radical (unpaired) electrons. The zero-order valence-corrected chi connectivity index (χ0v) is 14.8. The fraction of sp³-hybridized carbons (Fsp3) is 0.0952. The van der Waals surface area contributed by atoms with Crippen LogP contribution in [0.1, 0.15) is 26.4 Å². The number of fused-ring (bicyclic) bond motifs is 1. The van der Waals surface area contributed by atoms with E-state index in [1.807, 2.05) is 36.4 Å². The quantitative estimate of drug-likeness (QED) is 0.716. The van der Waals surface area contributed by atoms with E-state index >= 15 is 0 Å². The Morgan fingerprint density at radius 2 is 1.75 bits per heavy atom. The molecule has 1 aromatic heterocycles. The molecule has 140 valence electrons. The first-order chi connectivity index (χ1) is 13.7. The summed E-state index contributed by atoms with van der Waals surface area (Å²) in [7, 11) is 0. The van der Waals surface area contributed by atoms with Crippen LogP contribution in [-0.2, 0) is 6.54 Å². The van der Waals surface area contributed by atoms with E-state index in [1.165, 1.54) is 12.3 Å². The number of para-hydroxylation sites is 1. The molecule has 3 aromatic rings. The Morgan fingerprint density at radius 3 is 2.61 bits per heavy atom. The van der Waals surface area contributed by atoms with Gasteiger partial charge in [0.15, 0.2) is 11.5 Å². The van der Waals surface area contributed by atoms with Crippen molar-refractivity contribution in [3.05, 3.63) is 83.7 Å². The SMILES string of the molecule is O=C(NCc1ccc2c(c1)OCO2)c1ccnc(C(=O)Nc2ccccc2)c1. The number of amides is 2. The Kier molecular flexibility index (Phi) is 4.88. The van der Waals surface area contributed by atoms with E-state index in [9.17, 15) is 9.59 Å². The van der Waals surface area contributed by atoms with Gasteiger partial charge in [0.2, 0.25) is 6.79 Å². The average Bonchev–Trinajstić information content (AvgIpc) is 3.20. The number of hydrogen-bond donors (Lipinski definition) is 2. The Morgan fingerprint density at radius 1 is 0.929 bits per heavy atom. The number of rotatable bonds is 5. The fourth-order valence-electron chi connectivity index (χ4n) is 2.75. The molecule has 7 nitrogen and oxygen atoms in total. The number of ether oxygens (including phenoxy) is 2. The third kappa shape index (κ3) is 3.93. The zero-order valence-electron chi connectivity index (χ0n) is 14.8. The molecule has 2 amide bonds. The predicted molar refractivity (Wildman–Crippen MR) is 102 cm³/mol. The molecule has 1 aliphatic rings. The van der Waals surface area contributed by atoms with Crippen molar-refractivity contribution >= 4 is 17.5 Å². The summed E-state index contributed by atoms with van der Waals surface area (Å²) in [6.45, 7) is 0.527. The van der Waals surface area contributed by atoms with E-state index in [0.29, 0.717) is 29.3 Å². The standard InChI is InChI=1S/C21H17N3O4/c25-20(23-12-14-6-7-18-19(10-14)28-13-27-18)15-8-9-22-17(11-15)21(26)24-16-4-2-1-3-5-16/h1-11H,12-13H2,(H,23,25)(H,24,26). The Balaban J connectivity index is 1.40. The van der Waals surface area contributed by atoms with Gasteiger partial charge in [0.25, 0.3) is 11.8 Å². The van der Waals surface area contributed by atoms with Crippen molar-refractivity contribution in [3.63, 3.8) is 0 Å². The number of benzene rings is 2. The highest BCUT2D eigenvalue weighted by Crippen LogP contribution is 2.32. The van der Waals surface area contributed by atoms with E-state index in [4.69, 9.17) is 9.47 Å². The number of nitrogens with one attached hydrogen (secondary N) is 2. The van der Waals surface area contributed by atoms with Gasteiger partial charge in [0.05, 0.1) is 0 Å². The number of aromatic nitrogens is 1. The summed E-state index contributed by atoms with van der Waals surface area (Å²) >= 11 is 0. The van der Waals surface area contributed by atoms with Gasteiger partial charge in [0.1, 0.15) is 5.69 Å². The maximum Gasteiger partial charge on any atom is 0.274 e. The number of nitrogens with zero attached hydrogens (tertiary/aromatic N) is 1. The van der Waals surface area contributed by atoms with Crippen LogP contribution >= 0.6 is 0 Å². The van der Waals surface area contributed by atoms with Gasteiger partial charge in [-0.2, -0.15) is 0 Å². The molecule has 2 heterocycles. The predicted octanol–water partition coefficient (Wildman–Crippen LogP) is 2.99. The minimum absolute atomic E-state index is 0.166. The van der Waals surface area contributed by atoms with Crippen LogP contribution in [0.5, 0.6) is 11.5 Å². The van der Waals surface area contributed by atoms with Crippen molar-refractivity contribution in [1.29, 1.82) is 0 Å². The number of carbonyl (C=O) groups is 2. The molecule has 0 fully saturated rings. The molecule has 0 atom stereocenters. The maximum absolute atomic E-state index is 12.5. The van der Waals surface area contributed by atoms with Crippen molar-refractivity contribution in [2.45, 2.75) is 6.54 Å². The zero-order chi connectivity index (χ0) is 19.3. The third-order valence-electron chi connectivity index (χ3n) is 4.18. The van der Waals surface area contributed by atoms with E-state index in [0.717, 1.165) is 5.56 Å². The normalized spacial score (nSPS) is 11.7. The molecule has 0 bridgehead atoms. The first-order valence-corrected chi connectivity index (χ1v) is 8.68. The summed E-state index contributed by atoms with van der Waals surface area (Å²) < 4.78 is 10.6. The second-order valence-corrected chi connectivity index (χ2v) is 6.12. The van der Waals surface area contributed by atoms with Crippen molar-refractivity contribution in [2.24, 2.45) is 0 Å². The summed E-state index contributed by atoms with van der Waals surface area (Å²) in [5.74, 6) is 0.680. The monoisotopic (exact) mass is 375 g/mol. The molecule has 0 saturated heterocycles.